The Kier molecular flexibility index (Phi) is 3.51. The van der Waals surface area contributed by atoms with E-state index in [1.807, 2.05) is 0 Å². The maximum absolute atomic E-state index is 3.82. The molecule has 3 aliphatic rings. The van der Waals surface area contributed by atoms with E-state index < -0.39 is 0 Å². The van der Waals surface area contributed by atoms with Crippen LogP contribution in [0.3, 0.4) is 0 Å². The van der Waals surface area contributed by atoms with Crippen LogP contribution >= 0.6 is 0 Å². The Hall–Kier alpha value is -0.900. The highest BCUT2D eigenvalue weighted by molar-refractivity contribution is 5.32. The van der Waals surface area contributed by atoms with Crippen LogP contribution < -0.4 is 10.6 Å². The third-order valence-electron chi connectivity index (χ3n) is 5.14. The Morgan fingerprint density at radius 2 is 2.10 bits per heavy atom. The molecular formula is C17H25N3. The average Bonchev–Trinajstić information content (AvgIpc) is 3.24. The van der Waals surface area contributed by atoms with Gasteiger partial charge in [-0.05, 0) is 30.4 Å². The SMILES string of the molecule is c1ccc2c(c1)CNCC2CNC1CCN(C2CC2)C1. The standard InChI is InChI=1S/C17H25N3/c1-2-4-17-13(3-1)9-18-10-14(17)11-19-15-7-8-20(12-15)16-5-6-16/h1-4,14-16,18-19H,5-12H2. The number of nitrogens with zero attached hydrogens (tertiary/aromatic N) is 1. The van der Waals surface area contributed by atoms with Crippen LogP contribution in [-0.2, 0) is 6.54 Å². The first-order valence-electron chi connectivity index (χ1n) is 8.16. The second kappa shape index (κ2) is 5.47. The van der Waals surface area contributed by atoms with Crippen LogP contribution in [0.25, 0.3) is 0 Å². The molecule has 0 spiro atoms. The fraction of sp³-hybridized carbons (Fsp3) is 0.647. The van der Waals surface area contributed by atoms with Gasteiger partial charge in [0, 0.05) is 50.7 Å². The summed E-state index contributed by atoms with van der Waals surface area (Å²) in [6.45, 7) is 5.84. The van der Waals surface area contributed by atoms with E-state index in [9.17, 15) is 0 Å². The van der Waals surface area contributed by atoms with Crippen molar-refractivity contribution in [3.05, 3.63) is 35.4 Å². The van der Waals surface area contributed by atoms with E-state index in [0.29, 0.717) is 12.0 Å². The Balaban J connectivity index is 1.34. The van der Waals surface area contributed by atoms with Gasteiger partial charge in [0.1, 0.15) is 0 Å². The molecule has 4 rings (SSSR count). The predicted molar refractivity (Wildman–Crippen MR) is 81.9 cm³/mol. The Labute approximate surface area is 121 Å². The molecule has 3 nitrogen and oxygen atoms in total. The Morgan fingerprint density at radius 1 is 1.20 bits per heavy atom. The van der Waals surface area contributed by atoms with Crippen LogP contribution in [0, 0.1) is 0 Å². The molecule has 2 atom stereocenters. The van der Waals surface area contributed by atoms with Crippen LogP contribution in [0.4, 0.5) is 0 Å². The zero-order valence-corrected chi connectivity index (χ0v) is 12.1. The lowest BCUT2D eigenvalue weighted by Gasteiger charge is -2.28. The average molecular weight is 271 g/mol. The van der Waals surface area contributed by atoms with Gasteiger partial charge in [-0.15, -0.1) is 0 Å². The van der Waals surface area contributed by atoms with Gasteiger partial charge in [-0.1, -0.05) is 24.3 Å². The quantitative estimate of drug-likeness (QED) is 0.873. The van der Waals surface area contributed by atoms with Gasteiger partial charge in [0.15, 0.2) is 0 Å². The van der Waals surface area contributed by atoms with Gasteiger partial charge in [-0.2, -0.15) is 0 Å². The van der Waals surface area contributed by atoms with Crippen molar-refractivity contribution in [2.75, 3.05) is 26.2 Å². The van der Waals surface area contributed by atoms with Crippen molar-refractivity contribution in [3.8, 4) is 0 Å². The molecule has 0 amide bonds. The fourth-order valence-corrected chi connectivity index (χ4v) is 3.80. The van der Waals surface area contributed by atoms with Crippen molar-refractivity contribution >= 4 is 0 Å². The smallest absolute Gasteiger partial charge is 0.0208 e. The Bertz CT molecular complexity index is 469. The molecule has 2 aliphatic heterocycles. The summed E-state index contributed by atoms with van der Waals surface area (Å²) in [4.78, 5) is 2.69. The van der Waals surface area contributed by atoms with E-state index in [-0.39, 0.29) is 0 Å². The lowest BCUT2D eigenvalue weighted by molar-refractivity contribution is 0.316. The second-order valence-corrected chi connectivity index (χ2v) is 6.65. The molecule has 1 aliphatic carbocycles. The van der Waals surface area contributed by atoms with Crippen molar-refractivity contribution in [3.63, 3.8) is 0 Å². The van der Waals surface area contributed by atoms with Gasteiger partial charge >= 0.3 is 0 Å². The lowest BCUT2D eigenvalue weighted by Crippen LogP contribution is -2.39. The summed E-state index contributed by atoms with van der Waals surface area (Å²) in [6.07, 6.45) is 4.21. The molecule has 3 heteroatoms. The van der Waals surface area contributed by atoms with Crippen molar-refractivity contribution in [1.29, 1.82) is 0 Å². The minimum absolute atomic E-state index is 0.634. The number of hydrogen-bond donors (Lipinski definition) is 2. The summed E-state index contributed by atoms with van der Waals surface area (Å²) >= 11 is 0. The largest absolute Gasteiger partial charge is 0.312 e. The maximum atomic E-state index is 3.82. The van der Waals surface area contributed by atoms with Gasteiger partial charge in [0.25, 0.3) is 0 Å². The molecular weight excluding hydrogens is 246 g/mol. The summed E-state index contributed by atoms with van der Waals surface area (Å²) in [6, 6.07) is 10.6. The topological polar surface area (TPSA) is 27.3 Å². The summed E-state index contributed by atoms with van der Waals surface area (Å²) < 4.78 is 0. The summed E-state index contributed by atoms with van der Waals surface area (Å²) in [5.74, 6) is 0.634. The van der Waals surface area contributed by atoms with Gasteiger partial charge in [-0.25, -0.2) is 0 Å². The molecule has 1 aromatic carbocycles. The van der Waals surface area contributed by atoms with E-state index in [0.717, 1.165) is 25.7 Å². The first-order valence-corrected chi connectivity index (χ1v) is 8.16. The molecule has 1 saturated heterocycles. The second-order valence-electron chi connectivity index (χ2n) is 6.65. The van der Waals surface area contributed by atoms with Crippen molar-refractivity contribution < 1.29 is 0 Å². The third-order valence-corrected chi connectivity index (χ3v) is 5.14. The first-order chi connectivity index (χ1) is 9.90. The highest BCUT2D eigenvalue weighted by atomic mass is 15.2. The van der Waals surface area contributed by atoms with Gasteiger partial charge < -0.3 is 10.6 Å². The van der Waals surface area contributed by atoms with E-state index in [1.165, 1.54) is 37.9 Å². The van der Waals surface area contributed by atoms with Crippen LogP contribution in [0.1, 0.15) is 36.3 Å². The molecule has 0 radical (unpaired) electrons. The Morgan fingerprint density at radius 3 is 3.00 bits per heavy atom. The molecule has 1 saturated carbocycles. The third kappa shape index (κ3) is 2.62. The van der Waals surface area contributed by atoms with E-state index in [1.54, 1.807) is 5.56 Å². The minimum Gasteiger partial charge on any atom is -0.312 e. The van der Waals surface area contributed by atoms with Gasteiger partial charge in [0.2, 0.25) is 0 Å². The number of nitrogens with one attached hydrogen (secondary N) is 2. The molecule has 20 heavy (non-hydrogen) atoms. The molecule has 2 heterocycles. The molecule has 108 valence electrons. The monoisotopic (exact) mass is 271 g/mol. The van der Waals surface area contributed by atoms with Crippen molar-refractivity contribution in [2.45, 2.75) is 43.8 Å². The van der Waals surface area contributed by atoms with Crippen LogP contribution in [0.5, 0.6) is 0 Å². The zero-order valence-electron chi connectivity index (χ0n) is 12.1. The van der Waals surface area contributed by atoms with E-state index >= 15 is 0 Å². The van der Waals surface area contributed by atoms with Gasteiger partial charge in [0.05, 0.1) is 0 Å². The number of rotatable bonds is 4. The van der Waals surface area contributed by atoms with Crippen molar-refractivity contribution in [1.82, 2.24) is 15.5 Å². The highest BCUT2D eigenvalue weighted by Gasteiger charge is 2.34. The van der Waals surface area contributed by atoms with Crippen LogP contribution in [0.2, 0.25) is 0 Å². The summed E-state index contributed by atoms with van der Waals surface area (Å²) in [5.41, 5.74) is 3.03. The number of fused-ring (bicyclic) bond motifs is 1. The lowest BCUT2D eigenvalue weighted by atomic mass is 9.90. The molecule has 0 bridgehead atoms. The normalized spacial score (nSPS) is 30.4. The molecule has 2 fully saturated rings. The summed E-state index contributed by atoms with van der Waals surface area (Å²) in [7, 11) is 0. The maximum Gasteiger partial charge on any atom is 0.0208 e. The summed E-state index contributed by atoms with van der Waals surface area (Å²) in [5, 5.41) is 7.38. The minimum atomic E-state index is 0.634. The van der Waals surface area contributed by atoms with Gasteiger partial charge in [-0.3, -0.25) is 4.90 Å². The zero-order chi connectivity index (χ0) is 13.4. The van der Waals surface area contributed by atoms with E-state index in [2.05, 4.69) is 39.8 Å². The highest BCUT2D eigenvalue weighted by Crippen LogP contribution is 2.30. The molecule has 1 aromatic rings. The first kappa shape index (κ1) is 12.8. The molecule has 2 N–H and O–H groups in total. The van der Waals surface area contributed by atoms with Crippen molar-refractivity contribution in [2.24, 2.45) is 0 Å². The molecule has 0 aromatic heterocycles. The number of hydrogen-bond acceptors (Lipinski definition) is 3. The predicted octanol–water partition coefficient (Wildman–Crippen LogP) is 1.70. The number of likely N-dealkylation sites (tertiary alicyclic amines) is 1. The fourth-order valence-electron chi connectivity index (χ4n) is 3.80. The van der Waals surface area contributed by atoms with Crippen LogP contribution in [-0.4, -0.2) is 43.2 Å². The van der Waals surface area contributed by atoms with Crippen LogP contribution in [0.15, 0.2) is 24.3 Å². The van der Waals surface area contributed by atoms with E-state index in [4.69, 9.17) is 0 Å². The number of benzene rings is 1. The molecule has 2 unspecified atom stereocenters.